The summed E-state index contributed by atoms with van der Waals surface area (Å²) >= 11 is 5.97. The van der Waals surface area contributed by atoms with Gasteiger partial charge in [-0.15, -0.1) is 0 Å². The molecule has 1 aliphatic heterocycles. The molecular weight excluding hydrogens is 336 g/mol. The van der Waals surface area contributed by atoms with Gasteiger partial charge < -0.3 is 25.2 Å². The molecule has 0 saturated carbocycles. The molecule has 0 atom stereocenters. The Bertz CT molecular complexity index is 561. The SMILES string of the molecule is O=C(NCCC[NH+]1CCCC1)c1ccccc1Cl.O=C([O-])C(=O)O. The molecule has 1 heterocycles. The molecule has 3 N–H and O–H groups in total. The summed E-state index contributed by atoms with van der Waals surface area (Å²) in [5, 5.41) is 19.8. The molecule has 1 saturated heterocycles. The van der Waals surface area contributed by atoms with Crippen molar-refractivity contribution >= 4 is 29.4 Å². The van der Waals surface area contributed by atoms with Crippen LogP contribution < -0.4 is 15.3 Å². The summed E-state index contributed by atoms with van der Waals surface area (Å²) in [4.78, 5) is 31.6. The van der Waals surface area contributed by atoms with Crippen LogP contribution in [0.1, 0.15) is 29.6 Å². The molecule has 0 aromatic heterocycles. The molecular formula is C16H21ClN2O5. The van der Waals surface area contributed by atoms with E-state index >= 15 is 0 Å². The molecule has 7 nitrogen and oxygen atoms in total. The topological polar surface area (TPSA) is 111 Å². The van der Waals surface area contributed by atoms with Crippen molar-refractivity contribution in [1.29, 1.82) is 0 Å². The molecule has 8 heteroatoms. The van der Waals surface area contributed by atoms with Gasteiger partial charge in [0.15, 0.2) is 5.97 Å². The molecule has 0 bridgehead atoms. The maximum Gasteiger partial charge on any atom is 0.351 e. The third-order valence-electron chi connectivity index (χ3n) is 3.60. The van der Waals surface area contributed by atoms with Crippen LogP contribution in [0.3, 0.4) is 0 Å². The van der Waals surface area contributed by atoms with Gasteiger partial charge >= 0.3 is 5.97 Å². The minimum absolute atomic E-state index is 0.0722. The Morgan fingerprint density at radius 1 is 1.21 bits per heavy atom. The van der Waals surface area contributed by atoms with E-state index in [4.69, 9.17) is 31.4 Å². The maximum atomic E-state index is 11.9. The van der Waals surface area contributed by atoms with Crippen LogP contribution in [0.5, 0.6) is 0 Å². The van der Waals surface area contributed by atoms with E-state index in [9.17, 15) is 4.79 Å². The predicted molar refractivity (Wildman–Crippen MR) is 85.8 cm³/mol. The minimum atomic E-state index is -2.07. The molecule has 1 aliphatic rings. The first-order valence-electron chi connectivity index (χ1n) is 7.72. The second-order valence-corrected chi connectivity index (χ2v) is 5.80. The number of rotatable bonds is 5. The van der Waals surface area contributed by atoms with Gasteiger partial charge in [0.1, 0.15) is 0 Å². The average molecular weight is 357 g/mol. The number of carboxylic acid groups (broad SMARTS) is 2. The second kappa shape index (κ2) is 10.6. The van der Waals surface area contributed by atoms with Gasteiger partial charge in [-0.2, -0.15) is 0 Å². The Kier molecular flexibility index (Phi) is 8.81. The highest BCUT2D eigenvalue weighted by Gasteiger charge is 2.14. The minimum Gasteiger partial charge on any atom is -0.539 e. The van der Waals surface area contributed by atoms with Crippen LogP contribution in [0.15, 0.2) is 24.3 Å². The summed E-state index contributed by atoms with van der Waals surface area (Å²) in [6.07, 6.45) is 3.73. The van der Waals surface area contributed by atoms with Crippen molar-refractivity contribution in [3.63, 3.8) is 0 Å². The summed E-state index contributed by atoms with van der Waals surface area (Å²) in [5.74, 6) is -4.08. The van der Waals surface area contributed by atoms with Crippen molar-refractivity contribution in [2.24, 2.45) is 0 Å². The molecule has 0 spiro atoms. The van der Waals surface area contributed by atoms with Crippen molar-refractivity contribution in [2.45, 2.75) is 19.3 Å². The molecule has 0 aliphatic carbocycles. The van der Waals surface area contributed by atoms with Gasteiger partial charge in [-0.3, -0.25) is 4.79 Å². The van der Waals surface area contributed by atoms with Gasteiger partial charge in [-0.25, -0.2) is 4.79 Å². The van der Waals surface area contributed by atoms with Crippen LogP contribution in [0.25, 0.3) is 0 Å². The van der Waals surface area contributed by atoms with E-state index < -0.39 is 11.9 Å². The summed E-state index contributed by atoms with van der Waals surface area (Å²) in [6.45, 7) is 4.47. The molecule has 1 fully saturated rings. The molecule has 0 unspecified atom stereocenters. The highest BCUT2D eigenvalue weighted by Crippen LogP contribution is 2.14. The van der Waals surface area contributed by atoms with Crippen molar-refractivity contribution in [3.05, 3.63) is 34.9 Å². The highest BCUT2D eigenvalue weighted by atomic mass is 35.5. The number of amides is 1. The molecule has 0 radical (unpaired) electrons. The molecule has 1 aromatic rings. The first kappa shape index (κ1) is 19.9. The maximum absolute atomic E-state index is 11.9. The van der Waals surface area contributed by atoms with Crippen LogP contribution >= 0.6 is 11.6 Å². The van der Waals surface area contributed by atoms with E-state index in [2.05, 4.69) is 5.32 Å². The van der Waals surface area contributed by atoms with E-state index in [1.807, 2.05) is 12.1 Å². The normalized spacial score (nSPS) is 13.7. The molecule has 1 aromatic carbocycles. The van der Waals surface area contributed by atoms with E-state index in [1.54, 1.807) is 17.0 Å². The summed E-state index contributed by atoms with van der Waals surface area (Å²) in [7, 11) is 0. The molecule has 132 valence electrons. The lowest BCUT2D eigenvalue weighted by atomic mass is 10.2. The Hall–Kier alpha value is -2.12. The monoisotopic (exact) mass is 356 g/mol. The van der Waals surface area contributed by atoms with Crippen LogP contribution in [-0.2, 0) is 9.59 Å². The number of nitrogens with one attached hydrogen (secondary N) is 2. The van der Waals surface area contributed by atoms with Gasteiger partial charge in [0.05, 0.1) is 30.2 Å². The van der Waals surface area contributed by atoms with Crippen molar-refractivity contribution in [2.75, 3.05) is 26.2 Å². The molecule has 24 heavy (non-hydrogen) atoms. The lowest BCUT2D eigenvalue weighted by Crippen LogP contribution is -3.10. The highest BCUT2D eigenvalue weighted by molar-refractivity contribution is 6.33. The Labute approximate surface area is 145 Å². The number of halogens is 1. The number of carbonyl (C=O) groups excluding carboxylic acids is 2. The van der Waals surface area contributed by atoms with Crippen LogP contribution in [-0.4, -0.2) is 49.1 Å². The lowest BCUT2D eigenvalue weighted by Gasteiger charge is -2.12. The third-order valence-corrected chi connectivity index (χ3v) is 3.93. The standard InChI is InChI=1S/C14H19ClN2O.C2H2O4/c15-13-7-2-1-6-12(13)14(18)16-8-5-11-17-9-3-4-10-17;3-1(4)2(5)6/h1-2,6-7H,3-5,8-11H2,(H,16,18);(H,3,4)(H,5,6). The largest absolute Gasteiger partial charge is 0.539 e. The summed E-state index contributed by atoms with van der Waals surface area (Å²) in [5.41, 5.74) is 0.563. The average Bonchev–Trinajstić information content (AvgIpc) is 3.05. The third kappa shape index (κ3) is 7.43. The summed E-state index contributed by atoms with van der Waals surface area (Å²) in [6, 6.07) is 7.15. The predicted octanol–water partition coefficient (Wildman–Crippen LogP) is -1.04. The number of hydrogen-bond donors (Lipinski definition) is 3. The lowest BCUT2D eigenvalue weighted by molar-refractivity contribution is -0.887. The van der Waals surface area contributed by atoms with Crippen LogP contribution in [0.4, 0.5) is 0 Å². The fourth-order valence-corrected chi connectivity index (χ4v) is 2.63. The number of carboxylic acids is 2. The first-order chi connectivity index (χ1) is 11.4. The van der Waals surface area contributed by atoms with E-state index in [0.29, 0.717) is 10.6 Å². The van der Waals surface area contributed by atoms with Crippen molar-refractivity contribution in [3.8, 4) is 0 Å². The Balaban J connectivity index is 0.000000413. The van der Waals surface area contributed by atoms with Gasteiger partial charge in [-0.1, -0.05) is 23.7 Å². The Morgan fingerprint density at radius 3 is 2.33 bits per heavy atom. The van der Waals surface area contributed by atoms with Gasteiger partial charge in [0, 0.05) is 25.8 Å². The van der Waals surface area contributed by atoms with Gasteiger partial charge in [-0.05, 0) is 12.1 Å². The quantitative estimate of drug-likeness (QED) is 0.461. The zero-order valence-corrected chi connectivity index (χ0v) is 14.0. The number of carbonyl (C=O) groups is 3. The molecule has 1 amide bonds. The smallest absolute Gasteiger partial charge is 0.351 e. The van der Waals surface area contributed by atoms with E-state index in [1.165, 1.54) is 25.9 Å². The Morgan fingerprint density at radius 2 is 1.79 bits per heavy atom. The zero-order chi connectivity index (χ0) is 17.9. The second-order valence-electron chi connectivity index (χ2n) is 5.39. The zero-order valence-electron chi connectivity index (χ0n) is 13.2. The number of quaternary nitrogens is 1. The van der Waals surface area contributed by atoms with Gasteiger partial charge in [0.2, 0.25) is 0 Å². The fourth-order valence-electron chi connectivity index (χ4n) is 2.41. The van der Waals surface area contributed by atoms with E-state index in [0.717, 1.165) is 19.5 Å². The number of benzene rings is 1. The van der Waals surface area contributed by atoms with Crippen LogP contribution in [0, 0.1) is 0 Å². The summed E-state index contributed by atoms with van der Waals surface area (Å²) < 4.78 is 0. The van der Waals surface area contributed by atoms with E-state index in [-0.39, 0.29) is 5.91 Å². The van der Waals surface area contributed by atoms with Crippen molar-refractivity contribution < 1.29 is 29.5 Å². The van der Waals surface area contributed by atoms with Crippen LogP contribution in [0.2, 0.25) is 5.02 Å². The number of likely N-dealkylation sites (tertiary alicyclic amines) is 1. The number of aliphatic carboxylic acids is 2. The van der Waals surface area contributed by atoms with Gasteiger partial charge in [0.25, 0.3) is 5.91 Å². The first-order valence-corrected chi connectivity index (χ1v) is 8.10. The van der Waals surface area contributed by atoms with Crippen molar-refractivity contribution in [1.82, 2.24) is 5.32 Å². The fraction of sp³-hybridized carbons (Fsp3) is 0.438. The molecule has 2 rings (SSSR count). The number of hydrogen-bond acceptors (Lipinski definition) is 4.